The number of ether oxygens (including phenoxy) is 7. The van der Waals surface area contributed by atoms with Gasteiger partial charge in [0.1, 0.15) is 18.3 Å². The molecule has 7 rings (SSSR count). The number of aryl methyl sites for hydroxylation is 1. The zero-order valence-electron chi connectivity index (χ0n) is 32.3. The van der Waals surface area contributed by atoms with Crippen molar-refractivity contribution in [1.29, 1.82) is 0 Å². The number of halogens is 2. The number of nitrogens with zero attached hydrogens (tertiary/aromatic N) is 1. The molecule has 1 fully saturated rings. The third-order valence-corrected chi connectivity index (χ3v) is 9.90. The summed E-state index contributed by atoms with van der Waals surface area (Å²) in [7, 11) is 1.26. The van der Waals surface area contributed by atoms with E-state index < -0.39 is 42.0 Å². The lowest BCUT2D eigenvalue weighted by Gasteiger charge is -2.49. The maximum atomic E-state index is 15.3. The van der Waals surface area contributed by atoms with Crippen molar-refractivity contribution in [3.05, 3.63) is 184 Å². The normalized spacial score (nSPS) is 20.5. The second-order valence-electron chi connectivity index (χ2n) is 14.0. The van der Waals surface area contributed by atoms with Crippen molar-refractivity contribution < 1.29 is 47.0 Å². The van der Waals surface area contributed by atoms with E-state index in [4.69, 9.17) is 33.2 Å². The number of aromatic nitrogens is 2. The van der Waals surface area contributed by atoms with E-state index in [0.29, 0.717) is 11.3 Å². The monoisotopic (exact) mass is 792 g/mol. The Balaban J connectivity index is 1.27. The molecule has 5 aromatic carbocycles. The van der Waals surface area contributed by atoms with Gasteiger partial charge in [-0.1, -0.05) is 127 Å². The summed E-state index contributed by atoms with van der Waals surface area (Å²) in [5.74, 6) is -5.12. The average molecular weight is 793 g/mol. The number of rotatable bonds is 18. The van der Waals surface area contributed by atoms with E-state index in [1.807, 2.05) is 121 Å². The Bertz CT molecular complexity index is 2180. The highest BCUT2D eigenvalue weighted by atomic mass is 19.2. The molecule has 10 nitrogen and oxygen atoms in total. The van der Waals surface area contributed by atoms with Crippen molar-refractivity contribution in [3.8, 4) is 11.6 Å². The molecule has 0 aliphatic carbocycles. The van der Waals surface area contributed by atoms with Crippen LogP contribution in [-0.4, -0.2) is 59.4 Å². The van der Waals surface area contributed by atoms with Crippen molar-refractivity contribution in [3.63, 3.8) is 0 Å². The molecule has 5 atom stereocenters. The predicted octanol–water partition coefficient (Wildman–Crippen LogP) is 7.99. The molecule has 1 aliphatic rings. The van der Waals surface area contributed by atoms with Crippen LogP contribution in [-0.2, 0) is 56.5 Å². The van der Waals surface area contributed by atoms with Crippen LogP contribution in [0.25, 0.3) is 0 Å². The van der Waals surface area contributed by atoms with Gasteiger partial charge in [0.25, 0.3) is 0 Å². The van der Waals surface area contributed by atoms with E-state index in [1.165, 1.54) is 19.2 Å². The van der Waals surface area contributed by atoms with Gasteiger partial charge >= 0.3 is 5.97 Å². The maximum absolute atomic E-state index is 15.3. The van der Waals surface area contributed by atoms with Crippen molar-refractivity contribution in [2.45, 2.75) is 70.2 Å². The second-order valence-corrected chi connectivity index (χ2v) is 14.0. The topological polar surface area (TPSA) is 114 Å². The van der Waals surface area contributed by atoms with Crippen molar-refractivity contribution >= 4 is 0 Å². The maximum Gasteiger partial charge on any atom is 0.356 e. The third-order valence-electron chi connectivity index (χ3n) is 9.90. The van der Waals surface area contributed by atoms with E-state index >= 15 is 4.39 Å². The molecular formula is C46H46F2N2O8. The summed E-state index contributed by atoms with van der Waals surface area (Å²) in [6, 6.07) is 41.2. The lowest BCUT2D eigenvalue weighted by atomic mass is 9.96. The van der Waals surface area contributed by atoms with E-state index in [1.54, 1.807) is 6.92 Å². The Morgan fingerprint density at radius 3 is 1.74 bits per heavy atom. The van der Waals surface area contributed by atoms with Crippen LogP contribution in [0.1, 0.15) is 39.1 Å². The lowest BCUT2D eigenvalue weighted by molar-refractivity contribution is -0.436. The number of methoxy groups -OCH3 is 1. The molecule has 1 aliphatic heterocycles. The summed E-state index contributed by atoms with van der Waals surface area (Å²) in [5.41, 5.74) is 4.40. The minimum Gasteiger partial charge on any atom is -0.494 e. The molecule has 0 radical (unpaired) electrons. The molecule has 0 unspecified atom stereocenters. The first-order valence-electron chi connectivity index (χ1n) is 19.0. The molecule has 1 aromatic heterocycles. The minimum atomic E-state index is -2.58. The van der Waals surface area contributed by atoms with Crippen molar-refractivity contribution in [1.82, 2.24) is 10.2 Å². The van der Waals surface area contributed by atoms with E-state index in [9.17, 15) is 9.50 Å². The summed E-state index contributed by atoms with van der Waals surface area (Å²) < 4.78 is 74.3. The van der Waals surface area contributed by atoms with Crippen LogP contribution < -0.4 is 9.47 Å². The predicted molar refractivity (Wildman–Crippen MR) is 211 cm³/mol. The molecule has 58 heavy (non-hydrogen) atoms. The first-order chi connectivity index (χ1) is 28.3. The summed E-state index contributed by atoms with van der Waals surface area (Å²) in [5, 5.41) is 20.0. The van der Waals surface area contributed by atoms with Gasteiger partial charge in [0.05, 0.1) is 40.1 Å². The third kappa shape index (κ3) is 9.97. The summed E-state index contributed by atoms with van der Waals surface area (Å²) in [6.07, 6.45) is -4.36. The van der Waals surface area contributed by atoms with Crippen molar-refractivity contribution in [2.75, 3.05) is 13.7 Å². The number of aliphatic hydroxyl groups is 1. The summed E-state index contributed by atoms with van der Waals surface area (Å²) in [4.78, 5) is 0. The van der Waals surface area contributed by atoms with Crippen LogP contribution in [0.2, 0.25) is 0 Å². The Labute approximate surface area is 336 Å². The van der Waals surface area contributed by atoms with E-state index in [2.05, 4.69) is 10.2 Å². The highest BCUT2D eigenvalue weighted by molar-refractivity contribution is 5.39. The van der Waals surface area contributed by atoms with Gasteiger partial charge in [-0.15, -0.1) is 5.10 Å². The van der Waals surface area contributed by atoms with Crippen molar-refractivity contribution in [2.24, 2.45) is 0 Å². The van der Waals surface area contributed by atoms with Gasteiger partial charge in [-0.2, -0.15) is 4.39 Å². The molecule has 6 aromatic rings. The summed E-state index contributed by atoms with van der Waals surface area (Å²) in [6.45, 7) is 2.27. The SMILES string of the molecule is COc1ccc(Cc2c(O[C@@]3(O)O[C@H](COCc4ccccc4)[C@@H](OCc4ccccc4)[C@H](OCc4ccccc4)[C@H]3OCc3ccccc3)n[nH]c2C)c(F)c1F. The zero-order valence-corrected chi connectivity index (χ0v) is 32.3. The average Bonchev–Trinajstić information content (AvgIpc) is 3.59. The van der Waals surface area contributed by atoms with Crippen LogP contribution in [0, 0.1) is 18.6 Å². The van der Waals surface area contributed by atoms with Crippen LogP contribution in [0.5, 0.6) is 11.6 Å². The Morgan fingerprint density at radius 2 is 1.19 bits per heavy atom. The van der Waals surface area contributed by atoms with E-state index in [0.717, 1.165) is 22.3 Å². The van der Waals surface area contributed by atoms with Gasteiger partial charge in [-0.25, -0.2) is 4.39 Å². The molecule has 2 heterocycles. The zero-order chi connectivity index (χ0) is 40.3. The van der Waals surface area contributed by atoms with Gasteiger partial charge in [-0.05, 0) is 40.8 Å². The molecule has 0 spiro atoms. The Hall–Kier alpha value is -5.47. The van der Waals surface area contributed by atoms with Gasteiger partial charge < -0.3 is 38.3 Å². The van der Waals surface area contributed by atoms with E-state index in [-0.39, 0.29) is 56.6 Å². The van der Waals surface area contributed by atoms with Crippen LogP contribution >= 0.6 is 0 Å². The Morgan fingerprint density at radius 1 is 0.672 bits per heavy atom. The number of hydrogen-bond donors (Lipinski definition) is 2. The fourth-order valence-electron chi connectivity index (χ4n) is 6.82. The van der Waals surface area contributed by atoms with Gasteiger partial charge in [0.15, 0.2) is 17.7 Å². The van der Waals surface area contributed by atoms with Gasteiger partial charge in [-0.3, -0.25) is 5.10 Å². The molecule has 0 amide bonds. The molecule has 1 saturated heterocycles. The minimum absolute atomic E-state index is 0.0201. The summed E-state index contributed by atoms with van der Waals surface area (Å²) >= 11 is 0. The highest BCUT2D eigenvalue weighted by Crippen LogP contribution is 2.39. The number of nitrogens with one attached hydrogen (secondary N) is 1. The molecular weight excluding hydrogens is 747 g/mol. The molecule has 2 N–H and O–H groups in total. The highest BCUT2D eigenvalue weighted by Gasteiger charge is 2.59. The van der Waals surface area contributed by atoms with Crippen LogP contribution in [0.3, 0.4) is 0 Å². The number of hydrogen-bond acceptors (Lipinski definition) is 9. The number of aromatic amines is 1. The molecule has 0 bridgehead atoms. The quantitative estimate of drug-likeness (QED) is 0.0837. The van der Waals surface area contributed by atoms with Crippen LogP contribution in [0.15, 0.2) is 133 Å². The largest absolute Gasteiger partial charge is 0.494 e. The molecule has 302 valence electrons. The van der Waals surface area contributed by atoms with Crippen LogP contribution in [0.4, 0.5) is 8.78 Å². The lowest BCUT2D eigenvalue weighted by Crippen LogP contribution is -2.69. The van der Waals surface area contributed by atoms with Gasteiger partial charge in [0.2, 0.25) is 11.7 Å². The fourth-order valence-corrected chi connectivity index (χ4v) is 6.82. The fraction of sp³-hybridized carbons (Fsp3) is 0.283. The Kier molecular flexibility index (Phi) is 13.6. The standard InChI is InChI=1S/C46H46F2N2O8/c1-31-37(25-36-23-24-38(52-2)41(48)40(36)47)45(50-49-31)58-46(51)44(56-29-35-21-13-6-14-22-35)43(55-28-34-19-11-5-12-20-34)42(54-27-33-17-9-4-10-18-33)39(57-46)30-53-26-32-15-7-3-8-16-32/h3-24,39,42-44,51H,25-30H2,1-2H3,(H,49,50)/t39-,42-,43+,44-,46+/m1/s1. The molecule has 12 heteroatoms. The number of H-pyrrole nitrogens is 1. The van der Waals surface area contributed by atoms with Gasteiger partial charge in [0, 0.05) is 17.7 Å². The smallest absolute Gasteiger partial charge is 0.356 e. The second kappa shape index (κ2) is 19.3. The molecule has 0 saturated carbocycles. The first kappa shape index (κ1) is 40.7. The number of benzene rings is 5. The first-order valence-corrected chi connectivity index (χ1v) is 19.0.